The molecule has 2 aromatic rings. The van der Waals surface area contributed by atoms with Crippen LogP contribution in [0.15, 0.2) is 24.4 Å². The first kappa shape index (κ1) is 17.1. The molecule has 126 valence electrons. The number of carbonyl (C=O) groups is 1. The molecule has 1 aromatic heterocycles. The number of aromatic nitrogens is 1. The van der Waals surface area contributed by atoms with Crippen molar-refractivity contribution in [3.05, 3.63) is 45.0 Å². The minimum absolute atomic E-state index is 0.0444. The highest BCUT2D eigenvalue weighted by Gasteiger charge is 2.21. The van der Waals surface area contributed by atoms with Crippen LogP contribution < -0.4 is 10.2 Å². The van der Waals surface area contributed by atoms with Gasteiger partial charge in [-0.2, -0.15) is 0 Å². The number of phenolic OH excluding ortho intramolecular Hbond substituents is 1. The number of phenols is 1. The van der Waals surface area contributed by atoms with E-state index in [2.05, 4.69) is 15.2 Å². The van der Waals surface area contributed by atoms with Crippen LogP contribution in [-0.2, 0) is 0 Å². The van der Waals surface area contributed by atoms with E-state index in [1.807, 2.05) is 6.07 Å². The lowest BCUT2D eigenvalue weighted by molar-refractivity contribution is 0.102. The van der Waals surface area contributed by atoms with Crippen LogP contribution in [0.25, 0.3) is 0 Å². The topological polar surface area (TPSA) is 65.5 Å². The molecular formula is C16H14Cl3N3O2. The maximum Gasteiger partial charge on any atom is 0.261 e. The van der Waals surface area contributed by atoms with Crippen molar-refractivity contribution in [3.63, 3.8) is 0 Å². The molecule has 0 unspecified atom stereocenters. The molecule has 2 N–H and O–H groups in total. The second-order valence-electron chi connectivity index (χ2n) is 5.43. The quantitative estimate of drug-likeness (QED) is 0.757. The van der Waals surface area contributed by atoms with Gasteiger partial charge in [0.25, 0.3) is 5.91 Å². The Labute approximate surface area is 154 Å². The monoisotopic (exact) mass is 385 g/mol. The second-order valence-corrected chi connectivity index (χ2v) is 6.62. The molecule has 5 nitrogen and oxygen atoms in total. The van der Waals surface area contributed by atoms with Crippen LogP contribution in [0.1, 0.15) is 23.2 Å². The minimum atomic E-state index is -0.613. The Morgan fingerprint density at radius 1 is 1.17 bits per heavy atom. The van der Waals surface area contributed by atoms with E-state index in [-0.39, 0.29) is 20.6 Å². The lowest BCUT2D eigenvalue weighted by Crippen LogP contribution is -2.19. The molecule has 0 aliphatic carbocycles. The number of anilines is 2. The second kappa shape index (κ2) is 7.05. The molecule has 24 heavy (non-hydrogen) atoms. The van der Waals surface area contributed by atoms with E-state index in [1.54, 1.807) is 12.3 Å². The highest BCUT2D eigenvalue weighted by atomic mass is 35.5. The van der Waals surface area contributed by atoms with Crippen molar-refractivity contribution in [2.24, 2.45) is 0 Å². The molecule has 1 aliphatic heterocycles. The summed E-state index contributed by atoms with van der Waals surface area (Å²) >= 11 is 17.8. The van der Waals surface area contributed by atoms with Gasteiger partial charge in [-0.3, -0.25) is 4.79 Å². The average Bonchev–Trinajstić information content (AvgIpc) is 3.08. The average molecular weight is 387 g/mol. The van der Waals surface area contributed by atoms with E-state index in [0.717, 1.165) is 31.7 Å². The first-order valence-corrected chi connectivity index (χ1v) is 8.49. The number of halogens is 3. The molecule has 1 aromatic carbocycles. The van der Waals surface area contributed by atoms with Gasteiger partial charge in [-0.05, 0) is 31.0 Å². The van der Waals surface area contributed by atoms with Crippen molar-refractivity contribution in [1.82, 2.24) is 4.98 Å². The summed E-state index contributed by atoms with van der Waals surface area (Å²) in [4.78, 5) is 18.9. The summed E-state index contributed by atoms with van der Waals surface area (Å²) in [6, 6.07) is 4.87. The van der Waals surface area contributed by atoms with Crippen LogP contribution in [0.2, 0.25) is 15.1 Å². The number of nitrogens with one attached hydrogen (secondary N) is 1. The van der Waals surface area contributed by atoms with Crippen LogP contribution in [0.4, 0.5) is 11.5 Å². The fourth-order valence-corrected chi connectivity index (χ4v) is 3.27. The molecule has 0 radical (unpaired) electrons. The van der Waals surface area contributed by atoms with Crippen LogP contribution >= 0.6 is 34.8 Å². The molecule has 8 heteroatoms. The van der Waals surface area contributed by atoms with Crippen molar-refractivity contribution in [3.8, 4) is 5.75 Å². The SMILES string of the molecule is O=C(Nc1ccc(N2CCCC2)nc1)c1c(O)c(Cl)cc(Cl)c1Cl. The molecule has 1 saturated heterocycles. The Kier molecular flexibility index (Phi) is 5.04. The van der Waals surface area contributed by atoms with E-state index in [0.29, 0.717) is 5.69 Å². The number of amides is 1. The third-order valence-corrected chi connectivity index (χ3v) is 4.88. The molecule has 0 bridgehead atoms. The van der Waals surface area contributed by atoms with Gasteiger partial charge in [-0.1, -0.05) is 34.8 Å². The third kappa shape index (κ3) is 3.38. The fraction of sp³-hybridized carbons (Fsp3) is 0.250. The third-order valence-electron chi connectivity index (χ3n) is 3.81. The number of rotatable bonds is 3. The Bertz CT molecular complexity index is 749. The summed E-state index contributed by atoms with van der Waals surface area (Å²) < 4.78 is 0. The lowest BCUT2D eigenvalue weighted by atomic mass is 10.1. The standard InChI is InChI=1S/C16H14Cl3N3O2/c17-10-7-11(18)15(23)13(14(10)19)16(24)21-9-3-4-12(20-8-9)22-5-1-2-6-22/h3-4,7-8,23H,1-2,5-6H2,(H,21,24). The van der Waals surface area contributed by atoms with Crippen LogP contribution in [0.5, 0.6) is 5.75 Å². The fourth-order valence-electron chi connectivity index (χ4n) is 2.58. The van der Waals surface area contributed by atoms with Gasteiger partial charge in [0.05, 0.1) is 27.0 Å². The Hall–Kier alpha value is -1.69. The van der Waals surface area contributed by atoms with Gasteiger partial charge in [0.1, 0.15) is 17.1 Å². The van der Waals surface area contributed by atoms with Gasteiger partial charge in [-0.25, -0.2) is 4.98 Å². The van der Waals surface area contributed by atoms with E-state index < -0.39 is 11.7 Å². The summed E-state index contributed by atoms with van der Waals surface area (Å²) in [5.74, 6) is -0.153. The zero-order valence-electron chi connectivity index (χ0n) is 12.5. The van der Waals surface area contributed by atoms with E-state index in [1.165, 1.54) is 6.07 Å². The smallest absolute Gasteiger partial charge is 0.261 e. The van der Waals surface area contributed by atoms with Crippen molar-refractivity contribution in [2.75, 3.05) is 23.3 Å². The van der Waals surface area contributed by atoms with Gasteiger partial charge >= 0.3 is 0 Å². The number of nitrogens with zero attached hydrogens (tertiary/aromatic N) is 2. The number of benzene rings is 1. The van der Waals surface area contributed by atoms with Crippen LogP contribution in [0, 0.1) is 0 Å². The molecule has 0 saturated carbocycles. The summed E-state index contributed by atoms with van der Waals surface area (Å²) in [6.07, 6.45) is 3.88. The van der Waals surface area contributed by atoms with Crippen molar-refractivity contribution >= 4 is 52.2 Å². The number of hydrogen-bond acceptors (Lipinski definition) is 4. The molecule has 1 aliphatic rings. The van der Waals surface area contributed by atoms with Crippen LogP contribution in [-0.4, -0.2) is 29.1 Å². The largest absolute Gasteiger partial charge is 0.505 e. The highest BCUT2D eigenvalue weighted by Crippen LogP contribution is 2.38. The van der Waals surface area contributed by atoms with Gasteiger partial charge < -0.3 is 15.3 Å². The van der Waals surface area contributed by atoms with Crippen molar-refractivity contribution in [1.29, 1.82) is 0 Å². The van der Waals surface area contributed by atoms with Gasteiger partial charge in [0.15, 0.2) is 0 Å². The predicted octanol–water partition coefficient (Wildman–Crippen LogP) is 4.60. The maximum absolute atomic E-state index is 12.4. The summed E-state index contributed by atoms with van der Waals surface area (Å²) in [5, 5.41) is 12.6. The predicted molar refractivity (Wildman–Crippen MR) is 96.8 cm³/mol. The zero-order chi connectivity index (χ0) is 17.3. The van der Waals surface area contributed by atoms with Crippen LogP contribution in [0.3, 0.4) is 0 Å². The van der Waals surface area contributed by atoms with Gasteiger partial charge in [0.2, 0.25) is 0 Å². The van der Waals surface area contributed by atoms with Crippen molar-refractivity contribution in [2.45, 2.75) is 12.8 Å². The molecule has 1 amide bonds. The summed E-state index contributed by atoms with van der Waals surface area (Å²) in [7, 11) is 0. The number of hydrogen-bond donors (Lipinski definition) is 2. The van der Waals surface area contributed by atoms with Gasteiger partial charge in [-0.15, -0.1) is 0 Å². The van der Waals surface area contributed by atoms with Crippen molar-refractivity contribution < 1.29 is 9.90 Å². The van der Waals surface area contributed by atoms with E-state index in [4.69, 9.17) is 34.8 Å². The van der Waals surface area contributed by atoms with E-state index >= 15 is 0 Å². The molecule has 1 fully saturated rings. The Balaban J connectivity index is 1.80. The normalized spacial score (nSPS) is 14.0. The summed E-state index contributed by atoms with van der Waals surface area (Å²) in [5.41, 5.74) is 0.312. The zero-order valence-corrected chi connectivity index (χ0v) is 14.8. The molecule has 0 atom stereocenters. The first-order valence-electron chi connectivity index (χ1n) is 7.36. The highest BCUT2D eigenvalue weighted by molar-refractivity contribution is 6.46. The van der Waals surface area contributed by atoms with Gasteiger partial charge in [0, 0.05) is 13.1 Å². The lowest BCUT2D eigenvalue weighted by Gasteiger charge is -2.16. The maximum atomic E-state index is 12.4. The number of aromatic hydroxyl groups is 1. The summed E-state index contributed by atoms with van der Waals surface area (Å²) in [6.45, 7) is 1.98. The Morgan fingerprint density at radius 3 is 2.50 bits per heavy atom. The number of pyridine rings is 1. The first-order chi connectivity index (χ1) is 11.5. The van der Waals surface area contributed by atoms with E-state index in [9.17, 15) is 9.90 Å². The molecule has 2 heterocycles. The molecule has 0 spiro atoms. The molecular weight excluding hydrogens is 373 g/mol. The number of carbonyl (C=O) groups excluding carboxylic acids is 1. The molecule has 3 rings (SSSR count). The minimum Gasteiger partial charge on any atom is -0.505 e. The Morgan fingerprint density at radius 2 is 1.88 bits per heavy atom.